The molecule has 2 aromatic heterocycles. The number of hydrogen-bond acceptors (Lipinski definition) is 4. The van der Waals surface area contributed by atoms with Crippen LogP contribution in [0.25, 0.3) is 5.65 Å². The van der Waals surface area contributed by atoms with E-state index in [0.717, 1.165) is 44.2 Å². The molecule has 3 aliphatic rings. The Morgan fingerprint density at radius 3 is 2.54 bits per heavy atom. The molecule has 2 N–H and O–H groups in total. The number of carbonyl (C=O) groups excluding carboxylic acids is 2. The average molecular weight is 385 g/mol. The molecule has 2 amide bonds. The summed E-state index contributed by atoms with van der Waals surface area (Å²) in [5, 5.41) is 10.2. The Bertz CT molecular complexity index is 926. The smallest absolute Gasteiger partial charge is 0.257 e. The fraction of sp³-hybridized carbons (Fsp3) is 0.600. The van der Waals surface area contributed by atoms with Crippen molar-refractivity contribution in [3.8, 4) is 0 Å². The highest BCUT2D eigenvalue weighted by Crippen LogP contribution is 2.40. The van der Waals surface area contributed by atoms with Gasteiger partial charge in [-0.25, -0.2) is 8.91 Å². The van der Waals surface area contributed by atoms with Gasteiger partial charge in [0.1, 0.15) is 0 Å². The minimum absolute atomic E-state index is 0.00463. The van der Waals surface area contributed by atoms with E-state index in [1.165, 1.54) is 0 Å². The number of carbonyl (C=O) groups is 2. The molecule has 3 aliphatic carbocycles. The van der Waals surface area contributed by atoms with E-state index in [0.29, 0.717) is 30.4 Å². The Morgan fingerprint density at radius 2 is 1.86 bits per heavy atom. The van der Waals surface area contributed by atoms with E-state index < -0.39 is 11.6 Å². The highest BCUT2D eigenvalue weighted by molar-refractivity contribution is 5.92. The molecule has 0 saturated heterocycles. The maximum atomic E-state index is 13.9. The van der Waals surface area contributed by atoms with Gasteiger partial charge in [0.2, 0.25) is 11.9 Å². The number of alkyl halides is 1. The van der Waals surface area contributed by atoms with E-state index in [1.807, 2.05) is 22.7 Å². The van der Waals surface area contributed by atoms with Crippen LogP contribution in [0.4, 0.5) is 10.3 Å². The molecule has 0 radical (unpaired) electrons. The Labute approximate surface area is 162 Å². The summed E-state index contributed by atoms with van der Waals surface area (Å²) in [6.07, 6.45) is 6.01. The normalized spacial score (nSPS) is 26.0. The zero-order chi connectivity index (χ0) is 19.3. The van der Waals surface area contributed by atoms with E-state index in [1.54, 1.807) is 0 Å². The van der Waals surface area contributed by atoms with Crippen molar-refractivity contribution in [2.75, 3.05) is 5.32 Å². The van der Waals surface area contributed by atoms with Gasteiger partial charge in [-0.2, -0.15) is 4.98 Å². The molecule has 0 unspecified atom stereocenters. The lowest BCUT2D eigenvalue weighted by Crippen LogP contribution is -2.42. The van der Waals surface area contributed by atoms with Crippen LogP contribution in [0, 0.1) is 5.92 Å². The van der Waals surface area contributed by atoms with Crippen molar-refractivity contribution in [2.24, 2.45) is 5.92 Å². The highest BCUT2D eigenvalue weighted by Gasteiger charge is 2.51. The number of halogens is 1. The lowest BCUT2D eigenvalue weighted by Gasteiger charge is -2.29. The monoisotopic (exact) mass is 385 g/mol. The van der Waals surface area contributed by atoms with Gasteiger partial charge < -0.3 is 5.32 Å². The van der Waals surface area contributed by atoms with Gasteiger partial charge in [0.05, 0.1) is 0 Å². The zero-order valence-corrected chi connectivity index (χ0v) is 15.7. The molecule has 2 aromatic rings. The topological polar surface area (TPSA) is 88.4 Å². The quantitative estimate of drug-likeness (QED) is 0.828. The summed E-state index contributed by atoms with van der Waals surface area (Å²) in [5.41, 5.74) is 0.169. The molecule has 3 saturated carbocycles. The number of rotatable bonds is 5. The van der Waals surface area contributed by atoms with Gasteiger partial charge >= 0.3 is 0 Å². The zero-order valence-electron chi connectivity index (χ0n) is 15.7. The summed E-state index contributed by atoms with van der Waals surface area (Å²) in [4.78, 5) is 28.3. The van der Waals surface area contributed by atoms with Gasteiger partial charge in [-0.1, -0.05) is 6.07 Å². The predicted molar refractivity (Wildman–Crippen MR) is 101 cm³/mol. The van der Waals surface area contributed by atoms with Crippen molar-refractivity contribution in [1.29, 1.82) is 0 Å². The van der Waals surface area contributed by atoms with E-state index in [9.17, 15) is 14.0 Å². The van der Waals surface area contributed by atoms with E-state index in [-0.39, 0.29) is 17.9 Å². The minimum atomic E-state index is -1.61. The van der Waals surface area contributed by atoms with Gasteiger partial charge in [0, 0.05) is 23.6 Å². The molecule has 0 spiro atoms. The van der Waals surface area contributed by atoms with Crippen molar-refractivity contribution in [3.63, 3.8) is 0 Å². The van der Waals surface area contributed by atoms with Crippen LogP contribution in [-0.2, 0) is 9.59 Å². The first-order chi connectivity index (χ1) is 13.5. The first-order valence-electron chi connectivity index (χ1n) is 10.2. The highest BCUT2D eigenvalue weighted by atomic mass is 19.1. The second-order valence-corrected chi connectivity index (χ2v) is 8.41. The number of nitrogens with zero attached hydrogens (tertiary/aromatic N) is 3. The summed E-state index contributed by atoms with van der Waals surface area (Å²) < 4.78 is 15.7. The van der Waals surface area contributed by atoms with Crippen LogP contribution in [0.3, 0.4) is 0 Å². The lowest BCUT2D eigenvalue weighted by molar-refractivity contribution is -0.128. The van der Waals surface area contributed by atoms with Crippen molar-refractivity contribution < 1.29 is 14.0 Å². The third-order valence-electron chi connectivity index (χ3n) is 6.15. The molecule has 28 heavy (non-hydrogen) atoms. The number of fused-ring (bicyclic) bond motifs is 1. The van der Waals surface area contributed by atoms with E-state index in [2.05, 4.69) is 20.7 Å². The van der Waals surface area contributed by atoms with Crippen molar-refractivity contribution in [1.82, 2.24) is 19.9 Å². The molecule has 5 rings (SSSR count). The Kier molecular flexibility index (Phi) is 4.10. The van der Waals surface area contributed by atoms with Crippen LogP contribution in [-0.4, -0.2) is 38.1 Å². The summed E-state index contributed by atoms with van der Waals surface area (Å²) in [5.74, 6) is 0.310. The maximum Gasteiger partial charge on any atom is 0.257 e. The van der Waals surface area contributed by atoms with Gasteiger partial charge in [0.15, 0.2) is 11.3 Å². The SMILES string of the molecule is O=C(Nc1nc2cccc(C3CCC(NC(=O)C4(F)CC4)CC3)n2n1)C1CC1. The number of anilines is 1. The molecule has 0 bridgehead atoms. The summed E-state index contributed by atoms with van der Waals surface area (Å²) in [6, 6.07) is 5.92. The largest absolute Gasteiger partial charge is 0.351 e. The fourth-order valence-electron chi connectivity index (χ4n) is 4.03. The second-order valence-electron chi connectivity index (χ2n) is 8.41. The Balaban J connectivity index is 1.26. The van der Waals surface area contributed by atoms with Gasteiger partial charge in [-0.15, -0.1) is 5.10 Å². The number of hydrogen-bond donors (Lipinski definition) is 2. The van der Waals surface area contributed by atoms with E-state index >= 15 is 0 Å². The second kappa shape index (κ2) is 6.53. The average Bonchev–Trinajstić information content (AvgIpc) is 3.61. The minimum Gasteiger partial charge on any atom is -0.351 e. The Morgan fingerprint density at radius 1 is 1.11 bits per heavy atom. The molecule has 0 aliphatic heterocycles. The van der Waals surface area contributed by atoms with Crippen LogP contribution in [0.1, 0.15) is 63.0 Å². The molecule has 0 aromatic carbocycles. The summed E-state index contributed by atoms with van der Waals surface area (Å²) in [7, 11) is 0. The molecule has 8 heteroatoms. The van der Waals surface area contributed by atoms with Gasteiger partial charge in [0.25, 0.3) is 5.91 Å². The summed E-state index contributed by atoms with van der Waals surface area (Å²) >= 11 is 0. The number of aromatic nitrogens is 3. The number of nitrogens with one attached hydrogen (secondary N) is 2. The van der Waals surface area contributed by atoms with Crippen LogP contribution < -0.4 is 10.6 Å². The first kappa shape index (κ1) is 17.6. The van der Waals surface area contributed by atoms with Crippen LogP contribution in [0.2, 0.25) is 0 Å². The molecule has 2 heterocycles. The standard InChI is InChI=1S/C20H24FN5O2/c21-20(10-11-20)18(28)22-14-8-6-12(7-9-14)15-2-1-3-16-23-19(25-26(15)16)24-17(27)13-4-5-13/h1-3,12-14H,4-11H2,(H,22,28)(H,24,25,27). The molecule has 7 nitrogen and oxygen atoms in total. The van der Waals surface area contributed by atoms with Crippen LogP contribution >= 0.6 is 0 Å². The molecule has 0 atom stereocenters. The van der Waals surface area contributed by atoms with Crippen LogP contribution in [0.15, 0.2) is 18.2 Å². The third kappa shape index (κ3) is 3.36. The molecule has 3 fully saturated rings. The van der Waals surface area contributed by atoms with Gasteiger partial charge in [-0.3, -0.25) is 14.9 Å². The van der Waals surface area contributed by atoms with E-state index in [4.69, 9.17) is 0 Å². The van der Waals surface area contributed by atoms with Crippen molar-refractivity contribution >= 4 is 23.4 Å². The predicted octanol–water partition coefficient (Wildman–Crippen LogP) is 2.72. The Hall–Kier alpha value is -2.51. The summed E-state index contributed by atoms with van der Waals surface area (Å²) in [6.45, 7) is 0. The third-order valence-corrected chi connectivity index (χ3v) is 6.15. The van der Waals surface area contributed by atoms with Gasteiger partial charge in [-0.05, 0) is 63.5 Å². The van der Waals surface area contributed by atoms with Crippen molar-refractivity contribution in [3.05, 3.63) is 23.9 Å². The molecule has 148 valence electrons. The fourth-order valence-corrected chi connectivity index (χ4v) is 4.03. The van der Waals surface area contributed by atoms with Crippen LogP contribution in [0.5, 0.6) is 0 Å². The lowest BCUT2D eigenvalue weighted by atomic mass is 9.83. The maximum absolute atomic E-state index is 13.9. The molecular weight excluding hydrogens is 361 g/mol. The number of amides is 2. The first-order valence-corrected chi connectivity index (χ1v) is 10.2. The number of pyridine rings is 1. The molecular formula is C20H24FN5O2. The van der Waals surface area contributed by atoms with Crippen molar-refractivity contribution in [2.45, 2.75) is 69.0 Å².